The summed E-state index contributed by atoms with van der Waals surface area (Å²) >= 11 is 0. The number of carbonyl (C=O) groups is 3. The van der Waals surface area contributed by atoms with Gasteiger partial charge < -0.3 is 18.9 Å². The first-order valence-corrected chi connectivity index (χ1v) is 16.5. The smallest absolute Gasteiger partial charge is 0.343 e. The van der Waals surface area contributed by atoms with Crippen molar-refractivity contribution >= 4 is 35.5 Å². The summed E-state index contributed by atoms with van der Waals surface area (Å²) in [6.07, 6.45) is 2.41. The molecule has 5 aromatic rings. The van der Waals surface area contributed by atoms with Crippen LogP contribution in [-0.2, 0) is 9.53 Å². The van der Waals surface area contributed by atoms with Crippen molar-refractivity contribution < 1.29 is 37.7 Å². The first-order valence-electron chi connectivity index (χ1n) is 16.5. The second kappa shape index (κ2) is 17.7. The Kier molecular flexibility index (Phi) is 12.4. The Morgan fingerprint density at radius 3 is 2.22 bits per heavy atom. The van der Waals surface area contributed by atoms with Gasteiger partial charge in [0.1, 0.15) is 23.7 Å². The van der Waals surface area contributed by atoms with Gasteiger partial charge in [0.25, 0.3) is 0 Å². The van der Waals surface area contributed by atoms with Crippen LogP contribution in [0.4, 0.5) is 15.8 Å². The number of nitrogens with zero attached hydrogens (tertiary/aromatic N) is 3. The van der Waals surface area contributed by atoms with E-state index in [1.54, 1.807) is 43.3 Å². The van der Waals surface area contributed by atoms with E-state index in [2.05, 4.69) is 22.5 Å². The van der Waals surface area contributed by atoms with E-state index in [0.29, 0.717) is 23.4 Å². The maximum Gasteiger partial charge on any atom is 0.343 e. The molecule has 268 valence electrons. The predicted octanol–water partition coefficient (Wildman–Crippen LogP) is 9.30. The van der Waals surface area contributed by atoms with Gasteiger partial charge in [0.05, 0.1) is 35.6 Å². The molecular weight excluding hydrogens is 689 g/mol. The molecule has 5 aromatic carbocycles. The average molecular weight is 722 g/mol. The fraction of sp³-hybridized carbons (Fsp3) is 0.116. The van der Waals surface area contributed by atoms with E-state index in [1.807, 2.05) is 25.1 Å². The second-order valence-electron chi connectivity index (χ2n) is 11.8. The van der Waals surface area contributed by atoms with Crippen LogP contribution < -0.4 is 14.2 Å². The number of hydrogen-bond donors (Lipinski definition) is 0. The molecule has 0 saturated carbocycles. The van der Waals surface area contributed by atoms with Crippen molar-refractivity contribution in [3.63, 3.8) is 0 Å². The number of ether oxygens (including phenoxy) is 4. The molecule has 1 unspecified atom stereocenters. The summed E-state index contributed by atoms with van der Waals surface area (Å²) in [5, 5.41) is 9.65. The molecule has 0 fully saturated rings. The number of esters is 3. The first kappa shape index (κ1) is 37.9. The monoisotopic (exact) mass is 721 g/mol. The quantitative estimate of drug-likeness (QED) is 0.0387. The Labute approximate surface area is 311 Å². The topological polar surface area (TPSA) is 129 Å². The van der Waals surface area contributed by atoms with Crippen molar-refractivity contribution in [2.45, 2.75) is 26.4 Å². The Hall–Kier alpha value is -7.37. The molecule has 5 rings (SSSR count). The summed E-state index contributed by atoms with van der Waals surface area (Å²) in [5.41, 5.74) is 4.55. The zero-order chi connectivity index (χ0) is 38.6. The maximum absolute atomic E-state index is 14.6. The Morgan fingerprint density at radius 2 is 1.57 bits per heavy atom. The Balaban J connectivity index is 1.18. The zero-order valence-corrected chi connectivity index (χ0v) is 29.2. The molecule has 0 spiro atoms. The normalized spacial score (nSPS) is 11.1. The van der Waals surface area contributed by atoms with Gasteiger partial charge in [-0.2, -0.15) is 5.26 Å². The van der Waals surface area contributed by atoms with Crippen molar-refractivity contribution in [3.8, 4) is 34.4 Å². The Bertz CT molecular complexity index is 2320. The van der Waals surface area contributed by atoms with Gasteiger partial charge in [-0.1, -0.05) is 36.9 Å². The fourth-order valence-corrected chi connectivity index (χ4v) is 5.08. The van der Waals surface area contributed by atoms with Gasteiger partial charge in [-0.05, 0) is 109 Å². The van der Waals surface area contributed by atoms with Gasteiger partial charge in [-0.15, -0.1) is 0 Å². The lowest BCUT2D eigenvalue weighted by atomic mass is 10.00. The molecule has 0 aromatic heterocycles. The van der Waals surface area contributed by atoms with Crippen molar-refractivity contribution in [2.24, 2.45) is 4.99 Å². The van der Waals surface area contributed by atoms with Crippen LogP contribution in [0.3, 0.4) is 0 Å². The number of nitriles is 1. The molecule has 0 saturated heterocycles. The number of rotatable bonds is 13. The van der Waals surface area contributed by atoms with Crippen LogP contribution in [0.2, 0.25) is 0 Å². The highest BCUT2D eigenvalue weighted by molar-refractivity contribution is 5.93. The number of aryl methyl sites for hydroxylation is 1. The third-order valence-corrected chi connectivity index (χ3v) is 7.95. The van der Waals surface area contributed by atoms with E-state index >= 15 is 0 Å². The standard InChI is InChI=1S/C43H32FN3O7/c1-5-41(48)52-28(3)20-21-51-40-19-12-31(23-38(40)44)42(49)53-35-15-6-29(7-16-35)26-47-39-24-32(8-9-33(39)25-45)43(50)54-36-17-18-37(27(2)22-36)30-10-13-34(46-4)14-11-30/h5-19,22-24,26,28H,1,20-21H2,2-3H3/b47-26+. The summed E-state index contributed by atoms with van der Waals surface area (Å²) in [4.78, 5) is 44.9. The van der Waals surface area contributed by atoms with Gasteiger partial charge in [-0.3, -0.25) is 4.99 Å². The maximum atomic E-state index is 14.6. The van der Waals surface area contributed by atoms with Crippen LogP contribution in [0.25, 0.3) is 16.0 Å². The number of hydrogen-bond acceptors (Lipinski definition) is 9. The summed E-state index contributed by atoms with van der Waals surface area (Å²) in [6.45, 7) is 14.1. The molecule has 10 nitrogen and oxygen atoms in total. The minimum Gasteiger partial charge on any atom is -0.490 e. The third kappa shape index (κ3) is 9.90. The van der Waals surface area contributed by atoms with Crippen LogP contribution in [0.15, 0.2) is 121 Å². The lowest BCUT2D eigenvalue weighted by Crippen LogP contribution is -2.16. The number of carbonyl (C=O) groups excluding carboxylic acids is 3. The third-order valence-electron chi connectivity index (χ3n) is 7.95. The minimum atomic E-state index is -0.785. The fourth-order valence-electron chi connectivity index (χ4n) is 5.08. The molecule has 0 bridgehead atoms. The van der Waals surface area contributed by atoms with Crippen molar-refractivity contribution in [1.82, 2.24) is 0 Å². The molecular formula is C43H32FN3O7. The molecule has 0 radical (unpaired) electrons. The average Bonchev–Trinajstić information content (AvgIpc) is 3.18. The summed E-state index contributed by atoms with van der Waals surface area (Å²) in [7, 11) is 0. The second-order valence-corrected chi connectivity index (χ2v) is 11.8. The molecule has 54 heavy (non-hydrogen) atoms. The largest absolute Gasteiger partial charge is 0.490 e. The molecule has 0 N–H and O–H groups in total. The number of benzene rings is 5. The summed E-state index contributed by atoms with van der Waals surface area (Å²) in [6, 6.07) is 29.0. The molecule has 11 heteroatoms. The van der Waals surface area contributed by atoms with Crippen LogP contribution in [0, 0.1) is 30.6 Å². The lowest BCUT2D eigenvalue weighted by Gasteiger charge is -2.13. The highest BCUT2D eigenvalue weighted by Crippen LogP contribution is 2.30. The van der Waals surface area contributed by atoms with Gasteiger partial charge in [0, 0.05) is 18.7 Å². The van der Waals surface area contributed by atoms with Crippen molar-refractivity contribution in [1.29, 1.82) is 5.26 Å². The van der Waals surface area contributed by atoms with Crippen molar-refractivity contribution in [3.05, 3.63) is 161 Å². The molecule has 0 amide bonds. The van der Waals surface area contributed by atoms with E-state index in [0.717, 1.165) is 28.8 Å². The predicted molar refractivity (Wildman–Crippen MR) is 200 cm³/mol. The highest BCUT2D eigenvalue weighted by atomic mass is 19.1. The Morgan fingerprint density at radius 1 is 0.907 bits per heavy atom. The SMILES string of the molecule is [C-]#[N+]c1ccc(-c2ccc(OC(=O)c3ccc(C#N)c(/N=C/c4ccc(OC(=O)c5ccc(OCCC(C)OC(=O)C=C)c(F)c5)cc4)c3)cc2C)cc1. The minimum absolute atomic E-state index is 0.0303. The number of aliphatic imine (C=N–C) groups is 1. The lowest BCUT2D eigenvalue weighted by molar-refractivity contribution is -0.142. The summed E-state index contributed by atoms with van der Waals surface area (Å²) in [5.74, 6) is -2.26. The van der Waals surface area contributed by atoms with Gasteiger partial charge in [-0.25, -0.2) is 23.6 Å². The number of halogens is 1. The molecule has 0 aliphatic rings. The van der Waals surface area contributed by atoms with E-state index in [9.17, 15) is 24.0 Å². The van der Waals surface area contributed by atoms with E-state index in [-0.39, 0.29) is 40.5 Å². The van der Waals surface area contributed by atoms with E-state index < -0.39 is 29.8 Å². The van der Waals surface area contributed by atoms with Crippen LogP contribution in [0.1, 0.15) is 50.8 Å². The van der Waals surface area contributed by atoms with Gasteiger partial charge in [0.15, 0.2) is 17.3 Å². The van der Waals surface area contributed by atoms with Crippen molar-refractivity contribution in [2.75, 3.05) is 6.61 Å². The first-order chi connectivity index (χ1) is 26.1. The van der Waals surface area contributed by atoms with E-state index in [1.165, 1.54) is 48.7 Å². The van der Waals surface area contributed by atoms with Gasteiger partial charge in [0.2, 0.25) is 0 Å². The van der Waals surface area contributed by atoms with E-state index in [4.69, 9.17) is 25.5 Å². The van der Waals surface area contributed by atoms with Crippen LogP contribution in [-0.4, -0.2) is 36.8 Å². The molecule has 0 aliphatic carbocycles. The van der Waals surface area contributed by atoms with Crippen LogP contribution in [0.5, 0.6) is 17.2 Å². The zero-order valence-electron chi connectivity index (χ0n) is 29.2. The highest BCUT2D eigenvalue weighted by Gasteiger charge is 2.16. The van der Waals surface area contributed by atoms with Gasteiger partial charge >= 0.3 is 17.9 Å². The molecule has 1 atom stereocenters. The molecule has 0 heterocycles. The molecule has 0 aliphatic heterocycles. The summed E-state index contributed by atoms with van der Waals surface area (Å²) < 4.78 is 36.1. The van der Waals surface area contributed by atoms with Crippen LogP contribution >= 0.6 is 0 Å².